The Balaban J connectivity index is 1.72. The van der Waals surface area contributed by atoms with Gasteiger partial charge in [0.1, 0.15) is 5.69 Å². The maximum atomic E-state index is 13.4. The van der Waals surface area contributed by atoms with Gasteiger partial charge in [-0.15, -0.1) is 0 Å². The van der Waals surface area contributed by atoms with Gasteiger partial charge in [-0.25, -0.2) is 4.79 Å². The average Bonchev–Trinajstić information content (AvgIpc) is 3.33. The van der Waals surface area contributed by atoms with E-state index in [4.69, 9.17) is 23.2 Å². The van der Waals surface area contributed by atoms with Crippen molar-refractivity contribution in [1.82, 2.24) is 14.8 Å². The largest absolute Gasteiger partial charge is 0.478 e. The van der Waals surface area contributed by atoms with E-state index in [1.165, 1.54) is 0 Å². The molecular weight excluding hydrogens is 437 g/mol. The van der Waals surface area contributed by atoms with Gasteiger partial charge in [0.2, 0.25) is 0 Å². The Morgan fingerprint density at radius 3 is 2.48 bits per heavy atom. The van der Waals surface area contributed by atoms with Crippen LogP contribution in [0.3, 0.4) is 0 Å². The molecular formula is C23H23Cl2N3O3. The molecule has 1 fully saturated rings. The number of hydrogen-bond donors (Lipinski definition) is 2. The highest BCUT2D eigenvalue weighted by Gasteiger charge is 2.41. The fourth-order valence-electron chi connectivity index (χ4n) is 4.35. The number of nitrogens with one attached hydrogen (secondary N) is 1. The summed E-state index contributed by atoms with van der Waals surface area (Å²) in [6, 6.07) is 12.1. The quantitative estimate of drug-likeness (QED) is 0.587. The van der Waals surface area contributed by atoms with Crippen molar-refractivity contribution in [3.05, 3.63) is 69.3 Å². The number of carboxylic acid groups (broad SMARTS) is 1. The topological polar surface area (TPSA) is 74.6 Å². The number of aromatic carboxylic acids is 1. The second-order valence-electron chi connectivity index (χ2n) is 7.92. The number of aromatic nitrogens is 1. The molecule has 8 heteroatoms. The minimum atomic E-state index is -0.975. The lowest BCUT2D eigenvalue weighted by molar-refractivity contribution is 0.0696. The SMILES string of the molecule is CCN1CCC(NC(=O)c2cc3c(Cl)c(Cl)ccc3n2C)(c2ccc(C(=O)O)cc2)C1. The van der Waals surface area contributed by atoms with Gasteiger partial charge in [0, 0.05) is 31.0 Å². The number of halogens is 2. The van der Waals surface area contributed by atoms with E-state index in [2.05, 4.69) is 17.1 Å². The zero-order valence-corrected chi connectivity index (χ0v) is 18.8. The lowest BCUT2D eigenvalue weighted by atomic mass is 9.88. The minimum absolute atomic E-state index is 0.217. The second kappa shape index (κ2) is 8.19. The fourth-order valence-corrected chi connectivity index (χ4v) is 4.73. The maximum absolute atomic E-state index is 13.4. The molecule has 1 amide bonds. The van der Waals surface area contributed by atoms with Crippen molar-refractivity contribution in [1.29, 1.82) is 0 Å². The molecule has 6 nitrogen and oxygen atoms in total. The summed E-state index contributed by atoms with van der Waals surface area (Å²) in [7, 11) is 1.82. The highest BCUT2D eigenvalue weighted by atomic mass is 35.5. The highest BCUT2D eigenvalue weighted by Crippen LogP contribution is 2.35. The number of rotatable bonds is 5. The molecule has 0 bridgehead atoms. The molecule has 1 aromatic heterocycles. The molecule has 0 saturated carbocycles. The van der Waals surface area contributed by atoms with Crippen molar-refractivity contribution < 1.29 is 14.7 Å². The lowest BCUT2D eigenvalue weighted by Gasteiger charge is -2.31. The van der Waals surface area contributed by atoms with Crippen LogP contribution in [0, 0.1) is 0 Å². The van der Waals surface area contributed by atoms with Gasteiger partial charge in [-0.2, -0.15) is 0 Å². The van der Waals surface area contributed by atoms with Crippen LogP contribution in [-0.4, -0.2) is 46.1 Å². The van der Waals surface area contributed by atoms with Gasteiger partial charge in [0.25, 0.3) is 5.91 Å². The Kier molecular flexibility index (Phi) is 5.73. The molecule has 162 valence electrons. The van der Waals surface area contributed by atoms with Gasteiger partial charge in [-0.1, -0.05) is 42.3 Å². The van der Waals surface area contributed by atoms with Crippen LogP contribution in [0.5, 0.6) is 0 Å². The van der Waals surface area contributed by atoms with Gasteiger partial charge in [0.05, 0.1) is 21.1 Å². The van der Waals surface area contributed by atoms with Crippen LogP contribution in [0.4, 0.5) is 0 Å². The number of carbonyl (C=O) groups is 2. The molecule has 1 aliphatic rings. The van der Waals surface area contributed by atoms with Crippen LogP contribution in [-0.2, 0) is 12.6 Å². The summed E-state index contributed by atoms with van der Waals surface area (Å²) in [6.07, 6.45) is 0.732. The standard InChI is InChI=1S/C23H23Cl2N3O3/c1-3-28-11-10-23(13-28,15-6-4-14(5-7-15)22(30)31)26-21(29)19-12-16-18(27(19)2)9-8-17(24)20(16)25/h4-9,12H,3,10-11,13H2,1-2H3,(H,26,29)(H,30,31). The van der Waals surface area contributed by atoms with E-state index < -0.39 is 11.5 Å². The van der Waals surface area contributed by atoms with Crippen molar-refractivity contribution in [2.45, 2.75) is 18.9 Å². The van der Waals surface area contributed by atoms with Crippen molar-refractivity contribution in [2.75, 3.05) is 19.6 Å². The third-order valence-electron chi connectivity index (χ3n) is 6.18. The molecule has 1 unspecified atom stereocenters. The van der Waals surface area contributed by atoms with Gasteiger partial charge in [0.15, 0.2) is 0 Å². The monoisotopic (exact) mass is 459 g/mol. The Labute approximate surface area is 190 Å². The first-order valence-electron chi connectivity index (χ1n) is 10.1. The maximum Gasteiger partial charge on any atom is 0.335 e. The number of fused-ring (bicyclic) bond motifs is 1. The average molecular weight is 460 g/mol. The molecule has 2 N–H and O–H groups in total. The molecule has 1 aliphatic heterocycles. The molecule has 3 aromatic rings. The van der Waals surface area contributed by atoms with E-state index in [1.54, 1.807) is 41.0 Å². The van der Waals surface area contributed by atoms with Crippen LogP contribution in [0.25, 0.3) is 10.9 Å². The molecule has 2 heterocycles. The third-order valence-corrected chi connectivity index (χ3v) is 7.00. The van der Waals surface area contributed by atoms with E-state index in [1.807, 2.05) is 13.1 Å². The van der Waals surface area contributed by atoms with Crippen molar-refractivity contribution >= 4 is 46.0 Å². The van der Waals surface area contributed by atoms with E-state index >= 15 is 0 Å². The van der Waals surface area contributed by atoms with Gasteiger partial charge >= 0.3 is 5.97 Å². The summed E-state index contributed by atoms with van der Waals surface area (Å²) < 4.78 is 1.81. The first-order chi connectivity index (χ1) is 14.8. The first-order valence-corrected chi connectivity index (χ1v) is 10.8. The number of amides is 1. The molecule has 2 aromatic carbocycles. The number of likely N-dealkylation sites (N-methyl/N-ethyl adjacent to an activating group) is 1. The summed E-state index contributed by atoms with van der Waals surface area (Å²) in [5.41, 5.74) is 1.80. The van der Waals surface area contributed by atoms with Crippen molar-refractivity contribution in [3.63, 3.8) is 0 Å². The van der Waals surface area contributed by atoms with Crippen LogP contribution in [0.1, 0.15) is 39.8 Å². The van der Waals surface area contributed by atoms with Crippen molar-refractivity contribution in [3.8, 4) is 0 Å². The molecule has 1 saturated heterocycles. The molecule has 0 radical (unpaired) electrons. The number of carbonyl (C=O) groups excluding carboxylic acids is 1. The zero-order chi connectivity index (χ0) is 22.3. The molecule has 0 aliphatic carbocycles. The number of likely N-dealkylation sites (tertiary alicyclic amines) is 1. The Morgan fingerprint density at radius 1 is 1.16 bits per heavy atom. The highest BCUT2D eigenvalue weighted by molar-refractivity contribution is 6.45. The molecule has 0 spiro atoms. The van der Waals surface area contributed by atoms with E-state index in [-0.39, 0.29) is 11.5 Å². The van der Waals surface area contributed by atoms with Crippen LogP contribution >= 0.6 is 23.2 Å². The summed E-state index contributed by atoms with van der Waals surface area (Å²) in [6.45, 7) is 4.44. The molecule has 1 atom stereocenters. The predicted molar refractivity (Wildman–Crippen MR) is 122 cm³/mol. The van der Waals surface area contributed by atoms with E-state index in [0.29, 0.717) is 22.3 Å². The first kappa shape index (κ1) is 21.7. The lowest BCUT2D eigenvalue weighted by Crippen LogP contribution is -2.48. The Morgan fingerprint density at radius 2 is 1.87 bits per heavy atom. The number of carboxylic acids is 1. The van der Waals surface area contributed by atoms with Gasteiger partial charge in [-0.3, -0.25) is 4.79 Å². The van der Waals surface area contributed by atoms with Crippen LogP contribution in [0.2, 0.25) is 10.0 Å². The Bertz CT molecular complexity index is 1170. The molecule has 31 heavy (non-hydrogen) atoms. The molecule has 4 rings (SSSR count). The summed E-state index contributed by atoms with van der Waals surface area (Å²) in [4.78, 5) is 26.9. The summed E-state index contributed by atoms with van der Waals surface area (Å²) in [5.74, 6) is -1.19. The van der Waals surface area contributed by atoms with Gasteiger partial charge in [-0.05, 0) is 48.9 Å². The van der Waals surface area contributed by atoms with E-state index in [0.717, 1.165) is 36.0 Å². The Hall–Kier alpha value is -2.54. The minimum Gasteiger partial charge on any atom is -0.478 e. The zero-order valence-electron chi connectivity index (χ0n) is 17.3. The fraction of sp³-hybridized carbons (Fsp3) is 0.304. The summed E-state index contributed by atoms with van der Waals surface area (Å²) >= 11 is 12.5. The normalized spacial score (nSPS) is 19.1. The third kappa shape index (κ3) is 3.80. The van der Waals surface area contributed by atoms with E-state index in [9.17, 15) is 14.7 Å². The van der Waals surface area contributed by atoms with Gasteiger partial charge < -0.3 is 19.9 Å². The van der Waals surface area contributed by atoms with Crippen molar-refractivity contribution in [2.24, 2.45) is 7.05 Å². The number of hydrogen-bond acceptors (Lipinski definition) is 3. The van der Waals surface area contributed by atoms with Crippen LogP contribution in [0.15, 0.2) is 42.5 Å². The number of nitrogens with zero attached hydrogens (tertiary/aromatic N) is 2. The summed E-state index contributed by atoms with van der Waals surface area (Å²) in [5, 5.41) is 14.1. The second-order valence-corrected chi connectivity index (χ2v) is 8.71. The predicted octanol–water partition coefficient (Wildman–Crippen LogP) is 4.53. The number of aryl methyl sites for hydroxylation is 1. The smallest absolute Gasteiger partial charge is 0.335 e. The van der Waals surface area contributed by atoms with Crippen LogP contribution < -0.4 is 5.32 Å². The number of benzene rings is 2.